The number of carbonyl (C=O) groups excluding carboxylic acids is 3. The van der Waals surface area contributed by atoms with Crippen molar-refractivity contribution in [3.63, 3.8) is 0 Å². The van der Waals surface area contributed by atoms with Gasteiger partial charge in [-0.1, -0.05) is 17.7 Å². The highest BCUT2D eigenvalue weighted by Crippen LogP contribution is 2.48. The van der Waals surface area contributed by atoms with Crippen LogP contribution in [-0.2, 0) is 9.59 Å². The minimum Gasteiger partial charge on any atom is -0.292 e. The number of nitrogens with zero attached hydrogens (tertiary/aromatic N) is 2. The molecule has 0 aliphatic carbocycles. The van der Waals surface area contributed by atoms with E-state index in [9.17, 15) is 18.8 Å². The highest BCUT2D eigenvalue weighted by Gasteiger charge is 2.64. The maximum Gasteiger partial charge on any atom is 0.239 e. The lowest BCUT2D eigenvalue weighted by molar-refractivity contribution is -0.123. The Morgan fingerprint density at radius 2 is 1.76 bits per heavy atom. The average molecular weight is 413 g/mol. The topological polar surface area (TPSA) is 57.7 Å². The minimum atomic E-state index is -0.732. The second-order valence-electron chi connectivity index (χ2n) is 7.81. The summed E-state index contributed by atoms with van der Waals surface area (Å²) in [5.41, 5.74) is 0.781. The molecule has 0 unspecified atom stereocenters. The SMILES string of the molecule is O=C(c1ccc(F)cc1)[C@@H]1[C@@H]2C(=O)N(c3cccc(Cl)c3)C(=O)[C@@H]2[C@H]2CCCN21. The van der Waals surface area contributed by atoms with Crippen molar-refractivity contribution in [1.29, 1.82) is 0 Å². The van der Waals surface area contributed by atoms with E-state index in [1.807, 2.05) is 4.90 Å². The van der Waals surface area contributed by atoms with Gasteiger partial charge in [0.15, 0.2) is 5.78 Å². The van der Waals surface area contributed by atoms with E-state index in [1.165, 1.54) is 29.2 Å². The third-order valence-electron chi connectivity index (χ3n) is 6.32. The predicted octanol–water partition coefficient (Wildman–Crippen LogP) is 3.31. The lowest BCUT2D eigenvalue weighted by Gasteiger charge is -2.27. The zero-order valence-electron chi connectivity index (χ0n) is 15.4. The van der Waals surface area contributed by atoms with Gasteiger partial charge in [-0.25, -0.2) is 9.29 Å². The molecule has 3 aliphatic rings. The Morgan fingerprint density at radius 3 is 2.48 bits per heavy atom. The molecule has 0 bridgehead atoms. The van der Waals surface area contributed by atoms with Crippen molar-refractivity contribution in [3.05, 3.63) is 64.9 Å². The molecule has 3 heterocycles. The quantitative estimate of drug-likeness (QED) is 0.573. The summed E-state index contributed by atoms with van der Waals surface area (Å²) in [6.07, 6.45) is 1.65. The van der Waals surface area contributed by atoms with E-state index >= 15 is 0 Å². The first kappa shape index (κ1) is 18.5. The molecular formula is C22H18ClFN2O3. The Morgan fingerprint density at radius 1 is 1.03 bits per heavy atom. The Labute approximate surface area is 172 Å². The maximum absolute atomic E-state index is 13.4. The highest BCUT2D eigenvalue weighted by atomic mass is 35.5. The first-order chi connectivity index (χ1) is 14.0. The number of imide groups is 1. The Kier molecular flexibility index (Phi) is 4.29. The van der Waals surface area contributed by atoms with Crippen LogP contribution in [0.4, 0.5) is 10.1 Å². The molecule has 4 atom stereocenters. The number of halogens is 2. The van der Waals surface area contributed by atoms with Crippen LogP contribution >= 0.6 is 11.6 Å². The zero-order valence-corrected chi connectivity index (χ0v) is 16.2. The number of amides is 2. The predicted molar refractivity (Wildman–Crippen MR) is 105 cm³/mol. The third-order valence-corrected chi connectivity index (χ3v) is 6.55. The number of carbonyl (C=O) groups is 3. The van der Waals surface area contributed by atoms with Gasteiger partial charge in [0.1, 0.15) is 5.82 Å². The van der Waals surface area contributed by atoms with Gasteiger partial charge >= 0.3 is 0 Å². The van der Waals surface area contributed by atoms with Crippen LogP contribution in [-0.4, -0.2) is 41.1 Å². The lowest BCUT2D eigenvalue weighted by atomic mass is 9.85. The second-order valence-corrected chi connectivity index (χ2v) is 8.24. The molecule has 3 saturated heterocycles. The van der Waals surface area contributed by atoms with Crippen LogP contribution in [0.5, 0.6) is 0 Å². The van der Waals surface area contributed by atoms with E-state index in [1.54, 1.807) is 24.3 Å². The van der Waals surface area contributed by atoms with Crippen LogP contribution in [0.3, 0.4) is 0 Å². The molecule has 29 heavy (non-hydrogen) atoms. The zero-order chi connectivity index (χ0) is 20.3. The molecule has 2 aromatic carbocycles. The van der Waals surface area contributed by atoms with E-state index in [4.69, 9.17) is 11.6 Å². The van der Waals surface area contributed by atoms with Crippen LogP contribution in [0.1, 0.15) is 23.2 Å². The fourth-order valence-corrected chi connectivity index (χ4v) is 5.35. The van der Waals surface area contributed by atoms with Crippen molar-refractivity contribution in [1.82, 2.24) is 4.90 Å². The largest absolute Gasteiger partial charge is 0.292 e. The van der Waals surface area contributed by atoms with Gasteiger partial charge in [0, 0.05) is 16.6 Å². The van der Waals surface area contributed by atoms with Crippen molar-refractivity contribution in [2.45, 2.75) is 24.9 Å². The van der Waals surface area contributed by atoms with Crippen molar-refractivity contribution < 1.29 is 18.8 Å². The smallest absolute Gasteiger partial charge is 0.239 e. The second kappa shape index (κ2) is 6.75. The van der Waals surface area contributed by atoms with Gasteiger partial charge in [-0.3, -0.25) is 19.3 Å². The first-order valence-electron chi connectivity index (χ1n) is 9.66. The molecule has 7 heteroatoms. The summed E-state index contributed by atoms with van der Waals surface area (Å²) in [6, 6.07) is 11.1. The van der Waals surface area contributed by atoms with Gasteiger partial charge in [0.05, 0.1) is 23.6 Å². The fraction of sp³-hybridized carbons (Fsp3) is 0.318. The molecule has 3 aliphatic heterocycles. The number of benzene rings is 2. The van der Waals surface area contributed by atoms with Gasteiger partial charge in [0.2, 0.25) is 11.8 Å². The number of anilines is 1. The summed E-state index contributed by atoms with van der Waals surface area (Å²) >= 11 is 6.06. The van der Waals surface area contributed by atoms with E-state index in [2.05, 4.69) is 0 Å². The van der Waals surface area contributed by atoms with Crippen LogP contribution in [0.2, 0.25) is 5.02 Å². The number of hydrogen-bond donors (Lipinski definition) is 0. The molecule has 3 fully saturated rings. The van der Waals surface area contributed by atoms with Gasteiger partial charge in [-0.2, -0.15) is 0 Å². The summed E-state index contributed by atoms with van der Waals surface area (Å²) in [5.74, 6) is -2.57. The summed E-state index contributed by atoms with van der Waals surface area (Å²) < 4.78 is 13.3. The molecule has 5 rings (SSSR count). The summed E-state index contributed by atoms with van der Waals surface area (Å²) in [7, 11) is 0. The molecule has 2 amide bonds. The minimum absolute atomic E-state index is 0.130. The number of fused-ring (bicyclic) bond motifs is 3. The van der Waals surface area contributed by atoms with E-state index in [0.717, 1.165) is 12.8 Å². The summed E-state index contributed by atoms with van der Waals surface area (Å²) in [6.45, 7) is 0.674. The first-order valence-corrected chi connectivity index (χ1v) is 10.0. The fourth-order valence-electron chi connectivity index (χ4n) is 5.17. The Hall–Kier alpha value is -2.57. The maximum atomic E-state index is 13.4. The average Bonchev–Trinajstić information content (AvgIpc) is 3.34. The third kappa shape index (κ3) is 2.74. The van der Waals surface area contributed by atoms with Crippen LogP contribution < -0.4 is 4.90 Å². The number of ketones is 1. The number of hydrogen-bond acceptors (Lipinski definition) is 4. The van der Waals surface area contributed by atoms with Gasteiger partial charge in [0.25, 0.3) is 0 Å². The van der Waals surface area contributed by atoms with E-state index in [-0.39, 0.29) is 23.6 Å². The normalized spacial score (nSPS) is 28.7. The Balaban J connectivity index is 1.55. The number of rotatable bonds is 3. The Bertz CT molecular complexity index is 1020. The van der Waals surface area contributed by atoms with Crippen molar-refractivity contribution in [3.8, 4) is 0 Å². The summed E-state index contributed by atoms with van der Waals surface area (Å²) in [4.78, 5) is 43.2. The standard InChI is InChI=1S/C22H18ClFN2O3/c23-13-3-1-4-15(11-13)26-21(28)17-16-5-2-10-25(16)19(18(17)22(26)29)20(27)12-6-8-14(24)9-7-12/h1,3-4,6-9,11,16-19H,2,5,10H2/t16-,17-,18-,19+/m1/s1. The van der Waals surface area contributed by atoms with Gasteiger partial charge in [-0.15, -0.1) is 0 Å². The van der Waals surface area contributed by atoms with E-state index in [0.29, 0.717) is 22.8 Å². The molecule has 0 N–H and O–H groups in total. The molecule has 5 nitrogen and oxygen atoms in total. The van der Waals surface area contributed by atoms with Gasteiger partial charge < -0.3 is 0 Å². The molecular weight excluding hydrogens is 395 g/mol. The van der Waals surface area contributed by atoms with Crippen molar-refractivity contribution in [2.24, 2.45) is 11.8 Å². The van der Waals surface area contributed by atoms with Crippen molar-refractivity contribution >= 4 is 34.9 Å². The molecule has 2 aromatic rings. The monoisotopic (exact) mass is 412 g/mol. The molecule has 0 radical (unpaired) electrons. The molecule has 148 valence electrons. The molecule has 0 aromatic heterocycles. The number of Topliss-reactive ketones (excluding diaryl/α,β-unsaturated/α-hetero) is 1. The lowest BCUT2D eigenvalue weighted by Crippen LogP contribution is -2.46. The van der Waals surface area contributed by atoms with Crippen LogP contribution in [0.15, 0.2) is 48.5 Å². The van der Waals surface area contributed by atoms with E-state index < -0.39 is 23.7 Å². The van der Waals surface area contributed by atoms with Crippen molar-refractivity contribution in [2.75, 3.05) is 11.4 Å². The highest BCUT2D eigenvalue weighted by molar-refractivity contribution is 6.31. The van der Waals surface area contributed by atoms with Crippen LogP contribution in [0.25, 0.3) is 0 Å². The molecule has 0 spiro atoms. The molecule has 0 saturated carbocycles. The van der Waals surface area contributed by atoms with Gasteiger partial charge in [-0.05, 0) is 61.9 Å². The van der Waals surface area contributed by atoms with Crippen LogP contribution in [0, 0.1) is 17.7 Å². The summed E-state index contributed by atoms with van der Waals surface area (Å²) in [5, 5.41) is 0.432.